The summed E-state index contributed by atoms with van der Waals surface area (Å²) in [5, 5.41) is 10.3. The molecule has 216 valence electrons. The molecule has 0 N–H and O–H groups in total. The lowest BCUT2D eigenvalue weighted by Gasteiger charge is -2.33. The van der Waals surface area contributed by atoms with Gasteiger partial charge in [0.15, 0.2) is 0 Å². The lowest BCUT2D eigenvalue weighted by atomic mass is 9.74. The van der Waals surface area contributed by atoms with Gasteiger partial charge in [-0.1, -0.05) is 102 Å². The quantitative estimate of drug-likeness (QED) is 0.211. The molecule has 39 heavy (non-hydrogen) atoms. The summed E-state index contributed by atoms with van der Waals surface area (Å²) in [6, 6.07) is 14.5. The van der Waals surface area contributed by atoms with E-state index in [1.807, 2.05) is 23.5 Å². The Hall–Kier alpha value is -1.37. The molecule has 0 aliphatic heterocycles. The van der Waals surface area contributed by atoms with Crippen molar-refractivity contribution in [3.05, 3.63) is 58.1 Å². The van der Waals surface area contributed by atoms with E-state index in [4.69, 9.17) is 0 Å². The Balaban J connectivity index is 2.61. The molecule has 0 saturated heterocycles. The van der Waals surface area contributed by atoms with E-state index in [9.17, 15) is 5.26 Å². The number of rotatable bonds is 10. The molecule has 0 aliphatic carbocycles. The fourth-order valence-corrected chi connectivity index (χ4v) is 8.12. The molecule has 2 rings (SSSR count). The van der Waals surface area contributed by atoms with Crippen molar-refractivity contribution >= 4 is 23.5 Å². The zero-order valence-electron chi connectivity index (χ0n) is 27.5. The van der Waals surface area contributed by atoms with Crippen LogP contribution < -0.4 is 0 Å². The molecule has 0 amide bonds. The third-order valence-electron chi connectivity index (χ3n) is 7.79. The van der Waals surface area contributed by atoms with E-state index in [1.165, 1.54) is 39.3 Å². The van der Waals surface area contributed by atoms with Crippen LogP contribution in [-0.2, 0) is 21.7 Å². The second kappa shape index (κ2) is 12.2. The zero-order valence-corrected chi connectivity index (χ0v) is 29.1. The van der Waals surface area contributed by atoms with Crippen LogP contribution in [-0.4, -0.2) is 4.08 Å². The van der Waals surface area contributed by atoms with Gasteiger partial charge in [0.05, 0.1) is 15.7 Å². The van der Waals surface area contributed by atoms with Crippen LogP contribution in [0.5, 0.6) is 0 Å². The van der Waals surface area contributed by atoms with Crippen LogP contribution in [0.25, 0.3) is 0 Å². The normalized spacial score (nSPS) is 13.5. The summed E-state index contributed by atoms with van der Waals surface area (Å²) in [6.07, 6.45) is 4.53. The summed E-state index contributed by atoms with van der Waals surface area (Å²) in [5.41, 5.74) is 6.18. The maximum atomic E-state index is 10.3. The van der Waals surface area contributed by atoms with Crippen LogP contribution in [0.2, 0.25) is 0 Å². The predicted molar refractivity (Wildman–Crippen MR) is 177 cm³/mol. The van der Waals surface area contributed by atoms with Gasteiger partial charge in [-0.2, -0.15) is 5.26 Å². The van der Waals surface area contributed by atoms with Crippen LogP contribution in [0.3, 0.4) is 0 Å². The molecule has 0 saturated carbocycles. The molecule has 3 heteroatoms. The minimum absolute atomic E-state index is 0.0472. The zero-order chi connectivity index (χ0) is 30.0. The Morgan fingerprint density at radius 2 is 1.05 bits per heavy atom. The van der Waals surface area contributed by atoms with Gasteiger partial charge < -0.3 is 0 Å². The number of benzene rings is 2. The van der Waals surface area contributed by atoms with Crippen LogP contribution in [0.4, 0.5) is 0 Å². The van der Waals surface area contributed by atoms with E-state index in [-0.39, 0.29) is 25.7 Å². The second-order valence-electron chi connectivity index (χ2n) is 15.1. The Kier molecular flexibility index (Phi) is 10.6. The lowest BCUT2D eigenvalue weighted by molar-refractivity contribution is 0.468. The van der Waals surface area contributed by atoms with Gasteiger partial charge in [0.25, 0.3) is 0 Å². The van der Waals surface area contributed by atoms with E-state index in [0.717, 1.165) is 24.0 Å². The average molecular weight is 566 g/mol. The maximum Gasteiger partial charge on any atom is 0.0997 e. The number of nitriles is 1. The van der Waals surface area contributed by atoms with Gasteiger partial charge in [-0.05, 0) is 94.9 Å². The van der Waals surface area contributed by atoms with E-state index < -0.39 is 0 Å². The molecule has 1 nitrogen and oxygen atoms in total. The van der Waals surface area contributed by atoms with Gasteiger partial charge in [-0.3, -0.25) is 0 Å². The smallest absolute Gasteiger partial charge is 0.0997 e. The van der Waals surface area contributed by atoms with Gasteiger partial charge in [0, 0.05) is 9.79 Å². The van der Waals surface area contributed by atoms with Crippen molar-refractivity contribution in [2.75, 3.05) is 0 Å². The average Bonchev–Trinajstić information content (AvgIpc) is 2.76. The third kappa shape index (κ3) is 8.81. The van der Waals surface area contributed by atoms with Gasteiger partial charge in [0.1, 0.15) is 0 Å². The summed E-state index contributed by atoms with van der Waals surface area (Å²) in [7, 11) is 0. The number of hydrogen-bond donors (Lipinski definition) is 0. The summed E-state index contributed by atoms with van der Waals surface area (Å²) in [5.74, 6) is 0. The number of thioether (sulfide) groups is 2. The van der Waals surface area contributed by atoms with E-state index in [1.54, 1.807) is 0 Å². The molecule has 2 aromatic rings. The van der Waals surface area contributed by atoms with Crippen LogP contribution in [0.15, 0.2) is 40.1 Å². The molecular weight excluding hydrogens is 511 g/mol. The van der Waals surface area contributed by atoms with Crippen molar-refractivity contribution in [1.29, 1.82) is 5.26 Å². The summed E-state index contributed by atoms with van der Waals surface area (Å²) in [6.45, 7) is 32.2. The van der Waals surface area contributed by atoms with Crippen molar-refractivity contribution < 1.29 is 0 Å². The highest BCUT2D eigenvalue weighted by molar-refractivity contribution is 8.18. The van der Waals surface area contributed by atoms with Crippen molar-refractivity contribution in [2.45, 2.75) is 158 Å². The summed E-state index contributed by atoms with van der Waals surface area (Å²) in [4.78, 5) is 2.60. The van der Waals surface area contributed by atoms with Crippen molar-refractivity contribution in [1.82, 2.24) is 0 Å². The molecule has 0 unspecified atom stereocenters. The SMILES string of the molecule is CCCC(C)(C)c1cc(SC(C)(C)Sc2cc(C(C)(C)C)c(C#N)c(C(C)(C)CCC)c2)cc(C(C)(C)C)c1. The largest absolute Gasteiger partial charge is 0.192 e. The van der Waals surface area contributed by atoms with Crippen LogP contribution in [0, 0.1) is 11.3 Å². The molecule has 0 atom stereocenters. The topological polar surface area (TPSA) is 23.8 Å². The van der Waals surface area contributed by atoms with Crippen molar-refractivity contribution in [3.63, 3.8) is 0 Å². The first kappa shape index (κ1) is 33.8. The molecular formula is C36H55NS2. The Bertz CT molecular complexity index is 1180. The molecule has 0 fully saturated rings. The fourth-order valence-electron chi connectivity index (χ4n) is 5.52. The maximum absolute atomic E-state index is 10.3. The van der Waals surface area contributed by atoms with Crippen LogP contribution >= 0.6 is 23.5 Å². The Morgan fingerprint density at radius 3 is 1.51 bits per heavy atom. The highest BCUT2D eigenvalue weighted by atomic mass is 32.2. The molecule has 0 spiro atoms. The molecule has 2 aromatic carbocycles. The highest BCUT2D eigenvalue weighted by Crippen LogP contribution is 2.49. The first-order valence-corrected chi connectivity index (χ1v) is 16.4. The van der Waals surface area contributed by atoms with Gasteiger partial charge in [-0.25, -0.2) is 0 Å². The second-order valence-corrected chi connectivity index (χ2v) is 18.8. The van der Waals surface area contributed by atoms with Crippen molar-refractivity contribution in [2.24, 2.45) is 0 Å². The minimum atomic E-state index is -0.100. The summed E-state index contributed by atoms with van der Waals surface area (Å²) >= 11 is 3.89. The fraction of sp³-hybridized carbons (Fsp3) is 0.639. The first-order valence-electron chi connectivity index (χ1n) is 14.8. The van der Waals surface area contributed by atoms with Crippen LogP contribution in [0.1, 0.15) is 150 Å². The monoisotopic (exact) mass is 565 g/mol. The molecule has 0 aliphatic rings. The predicted octanol–water partition coefficient (Wildman–Crippen LogP) is 11.9. The first-order chi connectivity index (χ1) is 17.7. The Labute approximate surface area is 250 Å². The van der Waals surface area contributed by atoms with E-state index >= 15 is 0 Å². The molecule has 0 aromatic heterocycles. The minimum Gasteiger partial charge on any atom is -0.192 e. The summed E-state index contributed by atoms with van der Waals surface area (Å²) < 4.78 is -0.0852. The molecule has 0 radical (unpaired) electrons. The number of nitrogens with zero attached hydrogens (tertiary/aromatic N) is 1. The third-order valence-corrected chi connectivity index (χ3v) is 10.2. The molecule has 0 bridgehead atoms. The lowest BCUT2D eigenvalue weighted by Crippen LogP contribution is -2.23. The van der Waals surface area contributed by atoms with Gasteiger partial charge in [-0.15, -0.1) is 23.5 Å². The van der Waals surface area contributed by atoms with Gasteiger partial charge in [0.2, 0.25) is 0 Å². The Morgan fingerprint density at radius 1 is 0.590 bits per heavy atom. The van der Waals surface area contributed by atoms with Gasteiger partial charge >= 0.3 is 0 Å². The standard InChI is InChI=1S/C36H55NS2/c1-15-17-34(9,10)26-19-25(32(3,4)5)20-27(21-26)38-36(13,14)39-28-22-30(33(6,7)8)29(24-37)31(23-28)35(11,12)18-16-2/h19-23H,15-18H2,1-14H3. The number of hydrogen-bond acceptors (Lipinski definition) is 3. The highest BCUT2D eigenvalue weighted by Gasteiger charge is 2.31. The van der Waals surface area contributed by atoms with E-state index in [2.05, 4.69) is 133 Å². The molecule has 0 heterocycles. The van der Waals surface area contributed by atoms with E-state index in [0.29, 0.717) is 0 Å². The van der Waals surface area contributed by atoms with Crippen molar-refractivity contribution in [3.8, 4) is 6.07 Å².